The number of benzene rings is 2. The summed E-state index contributed by atoms with van der Waals surface area (Å²) in [5.74, 6) is -0.225. The number of nitrogens with one attached hydrogen (secondary N) is 2. The smallest absolute Gasteiger partial charge is 0.263 e. The minimum absolute atomic E-state index is 0.206. The van der Waals surface area contributed by atoms with Crippen LogP contribution in [-0.4, -0.2) is 19.7 Å². The van der Waals surface area contributed by atoms with Crippen LogP contribution in [0.4, 0.5) is 10.3 Å². The summed E-state index contributed by atoms with van der Waals surface area (Å²) in [6, 6.07) is 13.3. The van der Waals surface area contributed by atoms with E-state index in [1.165, 1.54) is 12.3 Å². The van der Waals surface area contributed by atoms with Crippen LogP contribution in [0.3, 0.4) is 0 Å². The third kappa shape index (κ3) is 3.17. The minimum Gasteiger partial charge on any atom is -0.349 e. The Morgan fingerprint density at radius 3 is 2.70 bits per heavy atom. The summed E-state index contributed by atoms with van der Waals surface area (Å²) in [7, 11) is 0. The van der Waals surface area contributed by atoms with Crippen LogP contribution in [0.15, 0.2) is 59.5 Å². The van der Waals surface area contributed by atoms with Crippen molar-refractivity contribution in [1.82, 2.24) is 19.7 Å². The summed E-state index contributed by atoms with van der Waals surface area (Å²) >= 11 is 6.12. The molecule has 0 saturated heterocycles. The predicted molar refractivity (Wildman–Crippen MR) is 103 cm³/mol. The average molecular weight is 384 g/mol. The second-order valence-electron chi connectivity index (χ2n) is 6.05. The predicted octanol–water partition coefficient (Wildman–Crippen LogP) is 4.07. The number of fused-ring (bicyclic) bond motifs is 1. The van der Waals surface area contributed by atoms with Crippen LogP contribution in [0.1, 0.15) is 18.5 Å². The topological polar surface area (TPSA) is 75.6 Å². The van der Waals surface area contributed by atoms with Gasteiger partial charge in [-0.3, -0.25) is 9.78 Å². The second kappa shape index (κ2) is 6.85. The molecule has 27 heavy (non-hydrogen) atoms. The summed E-state index contributed by atoms with van der Waals surface area (Å²) in [4.78, 5) is 19.5. The highest BCUT2D eigenvalue weighted by molar-refractivity contribution is 6.31. The highest BCUT2D eigenvalue weighted by atomic mass is 35.5. The molecule has 0 aliphatic carbocycles. The van der Waals surface area contributed by atoms with Gasteiger partial charge >= 0.3 is 0 Å². The number of aromatic nitrogens is 4. The maximum atomic E-state index is 14.1. The lowest BCUT2D eigenvalue weighted by Gasteiger charge is -2.16. The van der Waals surface area contributed by atoms with E-state index in [1.54, 1.807) is 23.7 Å². The van der Waals surface area contributed by atoms with E-state index in [4.69, 9.17) is 11.6 Å². The van der Waals surface area contributed by atoms with Crippen molar-refractivity contribution >= 4 is 28.6 Å². The van der Waals surface area contributed by atoms with Gasteiger partial charge in [0, 0.05) is 10.6 Å². The van der Waals surface area contributed by atoms with E-state index in [9.17, 15) is 9.18 Å². The monoisotopic (exact) mass is 383 g/mol. The molecule has 0 saturated carbocycles. The van der Waals surface area contributed by atoms with Crippen LogP contribution in [0, 0.1) is 5.82 Å². The molecular weight excluding hydrogens is 369 g/mol. The number of aromatic amines is 1. The van der Waals surface area contributed by atoms with Gasteiger partial charge in [0.2, 0.25) is 5.95 Å². The van der Waals surface area contributed by atoms with Gasteiger partial charge in [-0.15, -0.1) is 0 Å². The summed E-state index contributed by atoms with van der Waals surface area (Å²) < 4.78 is 15.7. The molecule has 8 heteroatoms. The van der Waals surface area contributed by atoms with E-state index in [0.29, 0.717) is 21.6 Å². The highest BCUT2D eigenvalue weighted by Crippen LogP contribution is 2.27. The standard InChI is InChI=1S/C19H15ClFN5O/c1-11(16-14(20)8-5-9-15(16)21)23-19-24-17-13(18(27)25-19)10-22-26(17)12-6-3-2-4-7-12/h2-11H,1H3,(H2,23,24,25,27). The molecule has 4 aromatic rings. The SMILES string of the molecule is CC(Nc1nc2c(cnn2-c2ccccc2)c(=O)[nH]1)c1c(F)cccc1Cl. The Morgan fingerprint density at radius 2 is 1.96 bits per heavy atom. The Balaban J connectivity index is 1.76. The van der Waals surface area contributed by atoms with E-state index < -0.39 is 11.9 Å². The maximum Gasteiger partial charge on any atom is 0.263 e. The van der Waals surface area contributed by atoms with Crippen LogP contribution in [0.2, 0.25) is 5.02 Å². The normalized spacial score (nSPS) is 12.3. The van der Waals surface area contributed by atoms with E-state index in [1.807, 2.05) is 30.3 Å². The molecule has 0 amide bonds. The number of rotatable bonds is 4. The molecule has 2 heterocycles. The van der Waals surface area contributed by atoms with Crippen molar-refractivity contribution in [3.05, 3.63) is 81.5 Å². The number of para-hydroxylation sites is 1. The van der Waals surface area contributed by atoms with E-state index in [0.717, 1.165) is 5.69 Å². The van der Waals surface area contributed by atoms with E-state index >= 15 is 0 Å². The van der Waals surface area contributed by atoms with Gasteiger partial charge in [-0.2, -0.15) is 10.1 Å². The Hall–Kier alpha value is -3.19. The molecule has 1 atom stereocenters. The molecule has 1 unspecified atom stereocenters. The lowest BCUT2D eigenvalue weighted by atomic mass is 10.1. The van der Waals surface area contributed by atoms with Crippen molar-refractivity contribution in [2.24, 2.45) is 0 Å². The number of nitrogens with zero attached hydrogens (tertiary/aromatic N) is 3. The molecule has 0 aliphatic rings. The lowest BCUT2D eigenvalue weighted by molar-refractivity contribution is 0.600. The molecule has 0 radical (unpaired) electrons. The van der Waals surface area contributed by atoms with Crippen molar-refractivity contribution in [3.63, 3.8) is 0 Å². The zero-order valence-corrected chi connectivity index (χ0v) is 15.0. The Kier molecular flexibility index (Phi) is 4.37. The van der Waals surface area contributed by atoms with Crippen molar-refractivity contribution in [3.8, 4) is 5.69 Å². The minimum atomic E-state index is -0.507. The van der Waals surface area contributed by atoms with Gasteiger partial charge < -0.3 is 5.32 Å². The number of H-pyrrole nitrogens is 1. The molecule has 6 nitrogen and oxygen atoms in total. The van der Waals surface area contributed by atoms with Crippen LogP contribution in [0.25, 0.3) is 16.7 Å². The maximum absolute atomic E-state index is 14.1. The van der Waals surface area contributed by atoms with Crippen molar-refractivity contribution in [2.75, 3.05) is 5.32 Å². The first-order valence-electron chi connectivity index (χ1n) is 8.28. The van der Waals surface area contributed by atoms with Gasteiger partial charge in [-0.1, -0.05) is 35.9 Å². The largest absolute Gasteiger partial charge is 0.349 e. The Labute approximate surface area is 158 Å². The van der Waals surface area contributed by atoms with Gasteiger partial charge in [-0.05, 0) is 31.2 Å². The Bertz CT molecular complexity index is 1150. The lowest BCUT2D eigenvalue weighted by Crippen LogP contribution is -2.17. The fourth-order valence-corrected chi connectivity index (χ4v) is 3.27. The molecular formula is C19H15ClFN5O. The molecule has 136 valence electrons. The fraction of sp³-hybridized carbons (Fsp3) is 0.105. The number of hydrogen-bond donors (Lipinski definition) is 2. The third-order valence-electron chi connectivity index (χ3n) is 4.22. The first-order valence-corrected chi connectivity index (χ1v) is 8.66. The van der Waals surface area contributed by atoms with Gasteiger partial charge in [0.15, 0.2) is 5.65 Å². The van der Waals surface area contributed by atoms with Crippen LogP contribution in [0.5, 0.6) is 0 Å². The number of halogens is 2. The molecule has 4 rings (SSSR count). The van der Waals surface area contributed by atoms with Crippen LogP contribution >= 0.6 is 11.6 Å². The van der Waals surface area contributed by atoms with Crippen molar-refractivity contribution in [2.45, 2.75) is 13.0 Å². The Morgan fingerprint density at radius 1 is 1.19 bits per heavy atom. The third-order valence-corrected chi connectivity index (χ3v) is 4.55. The first kappa shape index (κ1) is 17.2. The molecule has 0 aliphatic heterocycles. The van der Waals surface area contributed by atoms with E-state index in [-0.39, 0.29) is 11.5 Å². The molecule has 2 aromatic heterocycles. The zero-order valence-electron chi connectivity index (χ0n) is 14.3. The zero-order chi connectivity index (χ0) is 19.0. The van der Waals surface area contributed by atoms with Gasteiger partial charge in [-0.25, -0.2) is 9.07 Å². The summed E-state index contributed by atoms with van der Waals surface area (Å²) in [5, 5.41) is 7.93. The molecule has 0 spiro atoms. The number of hydrogen-bond acceptors (Lipinski definition) is 4. The van der Waals surface area contributed by atoms with E-state index in [2.05, 4.69) is 20.4 Å². The van der Waals surface area contributed by atoms with Gasteiger partial charge in [0.1, 0.15) is 11.2 Å². The first-order chi connectivity index (χ1) is 13.0. The van der Waals surface area contributed by atoms with Crippen molar-refractivity contribution < 1.29 is 4.39 Å². The molecule has 2 aromatic carbocycles. The van der Waals surface area contributed by atoms with Crippen LogP contribution < -0.4 is 10.9 Å². The quantitative estimate of drug-likeness (QED) is 0.557. The number of anilines is 1. The average Bonchev–Trinajstić information content (AvgIpc) is 3.07. The van der Waals surface area contributed by atoms with Crippen molar-refractivity contribution in [1.29, 1.82) is 0 Å². The summed E-state index contributed by atoms with van der Waals surface area (Å²) in [6.45, 7) is 1.74. The second-order valence-corrected chi connectivity index (χ2v) is 6.45. The summed E-state index contributed by atoms with van der Waals surface area (Å²) in [5.41, 5.74) is 1.15. The molecule has 0 fully saturated rings. The molecule has 0 bridgehead atoms. The molecule has 2 N–H and O–H groups in total. The fourth-order valence-electron chi connectivity index (χ4n) is 2.95. The van der Waals surface area contributed by atoms with Gasteiger partial charge in [0.25, 0.3) is 5.56 Å². The summed E-state index contributed by atoms with van der Waals surface area (Å²) in [6.07, 6.45) is 1.47. The van der Waals surface area contributed by atoms with Gasteiger partial charge in [0.05, 0.1) is 17.9 Å². The highest BCUT2D eigenvalue weighted by Gasteiger charge is 2.17. The van der Waals surface area contributed by atoms with Crippen LogP contribution in [-0.2, 0) is 0 Å².